The van der Waals surface area contributed by atoms with E-state index in [0.717, 1.165) is 16.6 Å². The Bertz CT molecular complexity index is 293. The zero-order chi connectivity index (χ0) is 11.1. The Morgan fingerprint density at radius 3 is 3.07 bits per heavy atom. The van der Waals surface area contributed by atoms with Crippen LogP contribution < -0.4 is 5.32 Å². The van der Waals surface area contributed by atoms with E-state index in [1.54, 1.807) is 19.5 Å². The maximum absolute atomic E-state index is 5.72. The van der Waals surface area contributed by atoms with Crippen LogP contribution in [0.2, 0.25) is 0 Å². The number of hydrogen-bond acceptors (Lipinski definition) is 3. The summed E-state index contributed by atoms with van der Waals surface area (Å²) in [4.78, 5) is 4.00. The summed E-state index contributed by atoms with van der Waals surface area (Å²) in [5.41, 5.74) is 1.01. The monoisotopic (exact) mass is 292 g/mol. The van der Waals surface area contributed by atoms with Gasteiger partial charge in [-0.1, -0.05) is 0 Å². The molecule has 0 saturated carbocycles. The molecule has 1 rings (SSSR count). The second-order valence-electron chi connectivity index (χ2n) is 3.13. The number of ether oxygens (including phenoxy) is 1. The number of aromatic nitrogens is 1. The average Bonchev–Trinajstić information content (AvgIpc) is 2.22. The number of methoxy groups -OCH3 is 1. The van der Waals surface area contributed by atoms with E-state index in [-0.39, 0.29) is 6.04 Å². The van der Waals surface area contributed by atoms with E-state index in [4.69, 9.17) is 16.3 Å². The first-order valence-electron chi connectivity index (χ1n) is 4.69. The fraction of sp³-hybridized carbons (Fsp3) is 0.500. The molecule has 3 nitrogen and oxygen atoms in total. The molecule has 1 aromatic heterocycles. The van der Waals surface area contributed by atoms with Crippen LogP contribution in [0, 0.1) is 0 Å². The largest absolute Gasteiger partial charge is 0.383 e. The summed E-state index contributed by atoms with van der Waals surface area (Å²) in [5, 5.41) is 3.35. The average molecular weight is 294 g/mol. The molecule has 0 aliphatic carbocycles. The van der Waals surface area contributed by atoms with Crippen molar-refractivity contribution in [1.29, 1.82) is 0 Å². The third kappa shape index (κ3) is 4.36. The highest BCUT2D eigenvalue weighted by molar-refractivity contribution is 9.10. The summed E-state index contributed by atoms with van der Waals surface area (Å²) in [7, 11) is 1.69. The molecule has 1 aromatic rings. The van der Waals surface area contributed by atoms with Gasteiger partial charge >= 0.3 is 0 Å². The quantitative estimate of drug-likeness (QED) is 0.819. The molecule has 1 unspecified atom stereocenters. The van der Waals surface area contributed by atoms with E-state index in [0.29, 0.717) is 12.5 Å². The molecular formula is C10H14BrClN2O. The standard InChI is InChI=1S/C10H14BrClN2O/c1-15-7-8(2-4-12)14-10-3-5-13-6-9(10)11/h3,5-6,8H,2,4,7H2,1H3,(H,13,14). The second kappa shape index (κ2) is 7.04. The summed E-state index contributed by atoms with van der Waals surface area (Å²) < 4.78 is 6.06. The number of nitrogens with one attached hydrogen (secondary N) is 1. The molecule has 0 saturated heterocycles. The molecule has 1 atom stereocenters. The van der Waals surface area contributed by atoms with Gasteiger partial charge in [-0.05, 0) is 28.4 Å². The lowest BCUT2D eigenvalue weighted by Gasteiger charge is -2.18. The van der Waals surface area contributed by atoms with Crippen LogP contribution in [0.3, 0.4) is 0 Å². The molecule has 0 radical (unpaired) electrons. The number of rotatable bonds is 6. The predicted octanol–water partition coefficient (Wildman–Crippen LogP) is 2.90. The molecule has 84 valence electrons. The van der Waals surface area contributed by atoms with Crippen LogP contribution in [0.4, 0.5) is 5.69 Å². The predicted molar refractivity (Wildman–Crippen MR) is 66.6 cm³/mol. The molecule has 1 N–H and O–H groups in total. The lowest BCUT2D eigenvalue weighted by Crippen LogP contribution is -2.25. The second-order valence-corrected chi connectivity index (χ2v) is 4.36. The normalized spacial score (nSPS) is 12.5. The van der Waals surface area contributed by atoms with Gasteiger partial charge in [0.15, 0.2) is 0 Å². The van der Waals surface area contributed by atoms with Crippen LogP contribution in [0.5, 0.6) is 0 Å². The molecule has 15 heavy (non-hydrogen) atoms. The van der Waals surface area contributed by atoms with Gasteiger partial charge in [-0.3, -0.25) is 4.98 Å². The molecule has 0 amide bonds. The van der Waals surface area contributed by atoms with Crippen molar-refractivity contribution in [3.63, 3.8) is 0 Å². The van der Waals surface area contributed by atoms with Crippen molar-refractivity contribution in [2.75, 3.05) is 24.9 Å². The fourth-order valence-electron chi connectivity index (χ4n) is 1.24. The SMILES string of the molecule is COCC(CCCl)Nc1ccncc1Br. The molecule has 0 spiro atoms. The van der Waals surface area contributed by atoms with E-state index in [9.17, 15) is 0 Å². The molecular weight excluding hydrogens is 279 g/mol. The van der Waals surface area contributed by atoms with Gasteiger partial charge in [0.05, 0.1) is 22.8 Å². The Morgan fingerprint density at radius 2 is 2.47 bits per heavy atom. The zero-order valence-corrected chi connectivity index (χ0v) is 10.9. The van der Waals surface area contributed by atoms with E-state index in [1.165, 1.54) is 0 Å². The minimum Gasteiger partial charge on any atom is -0.383 e. The van der Waals surface area contributed by atoms with Gasteiger partial charge in [0.25, 0.3) is 0 Å². The minimum absolute atomic E-state index is 0.228. The first kappa shape index (κ1) is 12.7. The van der Waals surface area contributed by atoms with E-state index in [2.05, 4.69) is 26.2 Å². The number of pyridine rings is 1. The van der Waals surface area contributed by atoms with Crippen molar-refractivity contribution in [2.24, 2.45) is 0 Å². The number of halogens is 2. The van der Waals surface area contributed by atoms with Crippen LogP contribution in [0.1, 0.15) is 6.42 Å². The minimum atomic E-state index is 0.228. The summed E-state index contributed by atoms with van der Waals surface area (Å²) >= 11 is 9.15. The number of nitrogens with zero attached hydrogens (tertiary/aromatic N) is 1. The van der Waals surface area contributed by atoms with Crippen LogP contribution in [0.15, 0.2) is 22.9 Å². The van der Waals surface area contributed by atoms with Crippen LogP contribution in [0.25, 0.3) is 0 Å². The third-order valence-corrected chi connectivity index (χ3v) is 2.81. The van der Waals surface area contributed by atoms with Crippen LogP contribution >= 0.6 is 27.5 Å². The van der Waals surface area contributed by atoms with Crippen molar-refractivity contribution >= 4 is 33.2 Å². The van der Waals surface area contributed by atoms with Gasteiger partial charge in [0.2, 0.25) is 0 Å². The van der Waals surface area contributed by atoms with E-state index in [1.807, 2.05) is 6.07 Å². The van der Waals surface area contributed by atoms with Gasteiger partial charge in [-0.25, -0.2) is 0 Å². The maximum atomic E-state index is 5.72. The van der Waals surface area contributed by atoms with E-state index >= 15 is 0 Å². The maximum Gasteiger partial charge on any atom is 0.0664 e. The van der Waals surface area contributed by atoms with E-state index < -0.39 is 0 Å². The Hall–Kier alpha value is -0.320. The highest BCUT2D eigenvalue weighted by Gasteiger charge is 2.09. The van der Waals surface area contributed by atoms with Gasteiger partial charge in [0.1, 0.15) is 0 Å². The van der Waals surface area contributed by atoms with Crippen molar-refractivity contribution in [3.05, 3.63) is 22.9 Å². The summed E-state index contributed by atoms with van der Waals surface area (Å²) in [6.07, 6.45) is 4.37. The first-order chi connectivity index (χ1) is 7.27. The Morgan fingerprint density at radius 1 is 1.67 bits per heavy atom. The third-order valence-electron chi connectivity index (χ3n) is 1.96. The number of alkyl halides is 1. The summed E-state index contributed by atoms with van der Waals surface area (Å²) in [5.74, 6) is 0.615. The molecule has 0 fully saturated rings. The Balaban J connectivity index is 2.60. The van der Waals surface area contributed by atoms with Gasteiger partial charge < -0.3 is 10.1 Å². The molecule has 0 aromatic carbocycles. The van der Waals surface area contributed by atoms with Gasteiger partial charge in [0, 0.05) is 25.4 Å². The summed E-state index contributed by atoms with van der Waals surface area (Å²) in [6.45, 7) is 0.640. The van der Waals surface area contributed by atoms with Crippen molar-refractivity contribution in [2.45, 2.75) is 12.5 Å². The van der Waals surface area contributed by atoms with Crippen LogP contribution in [-0.2, 0) is 4.74 Å². The first-order valence-corrected chi connectivity index (χ1v) is 6.01. The molecule has 0 bridgehead atoms. The fourth-order valence-corrected chi connectivity index (χ4v) is 1.87. The molecule has 0 aliphatic rings. The van der Waals surface area contributed by atoms with Gasteiger partial charge in [-0.2, -0.15) is 0 Å². The molecule has 1 heterocycles. The van der Waals surface area contributed by atoms with Crippen molar-refractivity contribution < 1.29 is 4.74 Å². The highest BCUT2D eigenvalue weighted by Crippen LogP contribution is 2.21. The molecule has 5 heteroatoms. The molecule has 0 aliphatic heterocycles. The van der Waals surface area contributed by atoms with Gasteiger partial charge in [-0.15, -0.1) is 11.6 Å². The number of hydrogen-bond donors (Lipinski definition) is 1. The smallest absolute Gasteiger partial charge is 0.0664 e. The van der Waals surface area contributed by atoms with Crippen molar-refractivity contribution in [3.8, 4) is 0 Å². The number of anilines is 1. The lowest BCUT2D eigenvalue weighted by atomic mass is 10.2. The van der Waals surface area contributed by atoms with Crippen LogP contribution in [-0.4, -0.2) is 30.6 Å². The topological polar surface area (TPSA) is 34.1 Å². The lowest BCUT2D eigenvalue weighted by molar-refractivity contribution is 0.184. The Labute approximate surface area is 103 Å². The highest BCUT2D eigenvalue weighted by atomic mass is 79.9. The Kier molecular flexibility index (Phi) is 5.98. The van der Waals surface area contributed by atoms with Crippen molar-refractivity contribution in [1.82, 2.24) is 4.98 Å². The zero-order valence-electron chi connectivity index (χ0n) is 8.54. The summed E-state index contributed by atoms with van der Waals surface area (Å²) in [6, 6.07) is 2.15.